The summed E-state index contributed by atoms with van der Waals surface area (Å²) in [4.78, 5) is 17.3. The number of aryl methyl sites for hydroxylation is 1. The minimum absolute atomic E-state index is 0. The fourth-order valence-corrected chi connectivity index (χ4v) is 4.28. The second-order valence-corrected chi connectivity index (χ2v) is 8.05. The molecule has 120 valence electrons. The molecule has 2 aromatic rings. The molecular formula is C14H12N3NaO4S2. The molecule has 1 aliphatic rings. The summed E-state index contributed by atoms with van der Waals surface area (Å²) in [5.74, 6) is -1.44. The first kappa shape index (κ1) is 18.9. The van der Waals surface area contributed by atoms with Crippen molar-refractivity contribution >= 4 is 32.3 Å². The second-order valence-electron chi connectivity index (χ2n) is 4.88. The fraction of sp³-hybridized carbons (Fsp3) is 0.143. The van der Waals surface area contributed by atoms with Gasteiger partial charge in [0.15, 0.2) is 5.13 Å². The van der Waals surface area contributed by atoms with Crippen LogP contribution >= 0.6 is 11.3 Å². The van der Waals surface area contributed by atoms with E-state index >= 15 is 0 Å². The molecule has 7 nitrogen and oxygen atoms in total. The number of Topliss-reactive ketones (excluding diaryl/α,β-unsaturated/α-hetero) is 1. The molecule has 0 aliphatic carbocycles. The summed E-state index contributed by atoms with van der Waals surface area (Å²) in [6.07, 6.45) is 1.57. The molecule has 0 spiro atoms. The Bertz CT molecular complexity index is 937. The van der Waals surface area contributed by atoms with Crippen molar-refractivity contribution in [2.24, 2.45) is 0 Å². The van der Waals surface area contributed by atoms with Gasteiger partial charge in [-0.25, -0.2) is 13.4 Å². The number of ketones is 1. The van der Waals surface area contributed by atoms with Gasteiger partial charge in [-0.3, -0.25) is 9.10 Å². The molecule has 1 aliphatic heterocycles. The topological polar surface area (TPSA) is 102 Å². The number of thiazole rings is 1. The van der Waals surface area contributed by atoms with Crippen molar-refractivity contribution in [1.82, 2.24) is 9.29 Å². The monoisotopic (exact) mass is 373 g/mol. The van der Waals surface area contributed by atoms with Crippen molar-refractivity contribution in [3.05, 3.63) is 52.5 Å². The van der Waals surface area contributed by atoms with Gasteiger partial charge in [-0.05, 0) is 24.9 Å². The Morgan fingerprint density at radius 2 is 2.00 bits per heavy atom. The number of hydrogen-bond acceptors (Lipinski definition) is 7. The number of allylic oxidation sites excluding steroid dienone is 1. The molecule has 2 heterocycles. The summed E-state index contributed by atoms with van der Waals surface area (Å²) >= 11 is 1.23. The quantitative estimate of drug-likeness (QED) is 0.368. The van der Waals surface area contributed by atoms with Gasteiger partial charge in [-0.15, -0.1) is 11.3 Å². The third-order valence-corrected chi connectivity index (χ3v) is 6.00. The number of sulfonamides is 1. The maximum Gasteiger partial charge on any atom is 1.00 e. The first-order valence-corrected chi connectivity index (χ1v) is 8.81. The number of rotatable bonds is 2. The van der Waals surface area contributed by atoms with Gasteiger partial charge in [0, 0.05) is 23.7 Å². The Hall–Kier alpha value is -1.39. The molecule has 3 rings (SSSR count). The molecule has 10 heteroatoms. The van der Waals surface area contributed by atoms with Crippen LogP contribution in [-0.4, -0.2) is 30.5 Å². The number of carbonyl (C=O) groups excluding carboxylic acids is 1. The van der Waals surface area contributed by atoms with Crippen LogP contribution in [0.25, 0.3) is 0 Å². The normalized spacial score (nSPS) is 17.8. The summed E-state index contributed by atoms with van der Waals surface area (Å²) in [5, 5.41) is 15.2. The zero-order valence-electron chi connectivity index (χ0n) is 13.2. The van der Waals surface area contributed by atoms with Crippen LogP contribution in [-0.2, 0) is 10.0 Å². The Morgan fingerprint density at radius 3 is 2.62 bits per heavy atom. The number of likely N-dealkylation sites (N-methyl/N-ethyl adjacent to an activating group) is 1. The first-order valence-electron chi connectivity index (χ1n) is 6.56. The number of nitrogens with zero attached hydrogens (tertiary/aromatic N) is 2. The molecule has 0 amide bonds. The van der Waals surface area contributed by atoms with E-state index in [0.29, 0.717) is 9.44 Å². The van der Waals surface area contributed by atoms with Gasteiger partial charge in [0.2, 0.25) is 5.78 Å². The minimum Gasteiger partial charge on any atom is -0.859 e. The molecule has 1 aromatic carbocycles. The predicted molar refractivity (Wildman–Crippen MR) is 83.2 cm³/mol. The molecule has 0 unspecified atom stereocenters. The van der Waals surface area contributed by atoms with E-state index in [1.165, 1.54) is 36.6 Å². The molecule has 0 bridgehead atoms. The molecule has 0 radical (unpaired) electrons. The first-order chi connectivity index (χ1) is 10.8. The largest absolute Gasteiger partial charge is 1.00 e. The maximum absolute atomic E-state index is 12.5. The number of aromatic nitrogens is 1. The fourth-order valence-electron chi connectivity index (χ4n) is 2.23. The molecule has 0 saturated heterocycles. The number of anilines is 1. The summed E-state index contributed by atoms with van der Waals surface area (Å²) < 4.78 is 25.7. The minimum atomic E-state index is -3.94. The molecule has 0 atom stereocenters. The van der Waals surface area contributed by atoms with Gasteiger partial charge >= 0.3 is 29.6 Å². The summed E-state index contributed by atoms with van der Waals surface area (Å²) in [6.45, 7) is 1.82. The van der Waals surface area contributed by atoms with Gasteiger partial charge in [-0.2, -0.15) is 0 Å². The summed E-state index contributed by atoms with van der Waals surface area (Å²) in [6, 6.07) is 5.82. The number of hydrogen-bond donors (Lipinski definition) is 1. The van der Waals surface area contributed by atoms with Crippen LogP contribution in [0.1, 0.15) is 15.2 Å². The van der Waals surface area contributed by atoms with E-state index in [0.717, 1.165) is 4.88 Å². The van der Waals surface area contributed by atoms with Gasteiger partial charge < -0.3 is 10.4 Å². The van der Waals surface area contributed by atoms with Gasteiger partial charge in [0.1, 0.15) is 5.70 Å². The number of nitrogens with one attached hydrogen (secondary N) is 1. The van der Waals surface area contributed by atoms with Crippen molar-refractivity contribution in [3.63, 3.8) is 0 Å². The number of fused-ring (bicyclic) bond motifs is 1. The third kappa shape index (κ3) is 3.09. The van der Waals surface area contributed by atoms with Gasteiger partial charge in [0.25, 0.3) is 10.0 Å². The van der Waals surface area contributed by atoms with E-state index in [2.05, 4.69) is 10.3 Å². The Kier molecular flexibility index (Phi) is 5.41. The smallest absolute Gasteiger partial charge is 0.859 e. The van der Waals surface area contributed by atoms with Crippen LogP contribution < -0.4 is 40.0 Å². The van der Waals surface area contributed by atoms with Crippen LogP contribution in [0, 0.1) is 6.92 Å². The van der Waals surface area contributed by atoms with Crippen LogP contribution in [0.2, 0.25) is 0 Å². The second kappa shape index (κ2) is 6.85. The van der Waals surface area contributed by atoms with Crippen LogP contribution in [0.4, 0.5) is 5.13 Å². The van der Waals surface area contributed by atoms with Crippen LogP contribution in [0.5, 0.6) is 0 Å². The van der Waals surface area contributed by atoms with Crippen molar-refractivity contribution < 1.29 is 47.9 Å². The van der Waals surface area contributed by atoms with E-state index in [1.807, 2.05) is 6.92 Å². The van der Waals surface area contributed by atoms with E-state index in [-0.39, 0.29) is 40.0 Å². The van der Waals surface area contributed by atoms with Gasteiger partial charge in [-0.1, -0.05) is 12.1 Å². The van der Waals surface area contributed by atoms with E-state index in [9.17, 15) is 18.3 Å². The van der Waals surface area contributed by atoms with Crippen molar-refractivity contribution in [3.8, 4) is 0 Å². The Balaban J connectivity index is 0.00000208. The maximum atomic E-state index is 12.5. The summed E-state index contributed by atoms with van der Waals surface area (Å²) in [7, 11) is -2.75. The van der Waals surface area contributed by atoms with Crippen molar-refractivity contribution in [1.29, 1.82) is 0 Å². The van der Waals surface area contributed by atoms with Gasteiger partial charge in [0.05, 0.1) is 4.90 Å². The molecule has 24 heavy (non-hydrogen) atoms. The SMILES string of the molecule is Cc1cnc(N/C([O-])=C2\C(=O)c3ccccc3S(=O)(=O)N2C)s1.[Na+]. The number of benzene rings is 1. The molecular weight excluding hydrogens is 361 g/mol. The van der Waals surface area contributed by atoms with E-state index < -0.39 is 27.4 Å². The van der Waals surface area contributed by atoms with E-state index in [4.69, 9.17) is 0 Å². The Labute approximate surface area is 165 Å². The van der Waals surface area contributed by atoms with E-state index in [1.54, 1.807) is 12.3 Å². The summed E-state index contributed by atoms with van der Waals surface area (Å²) in [5.41, 5.74) is -0.456. The molecule has 0 fully saturated rings. The third-order valence-electron chi connectivity index (χ3n) is 3.36. The average molecular weight is 373 g/mol. The standard InChI is InChI=1S/C14H13N3O4S2.Na/c1-8-7-15-14(22-8)16-13(19)11-12(18)9-5-3-4-6-10(9)23(20,21)17(11)2;/h3-7,19H,1-2H3,(H,15,16);/q;+1/p-1/b13-11-;. The van der Waals surface area contributed by atoms with Crippen molar-refractivity contribution in [2.75, 3.05) is 12.4 Å². The van der Waals surface area contributed by atoms with Crippen LogP contribution in [0.3, 0.4) is 0 Å². The van der Waals surface area contributed by atoms with Crippen molar-refractivity contribution in [2.45, 2.75) is 11.8 Å². The molecule has 1 N–H and O–H groups in total. The predicted octanol–water partition coefficient (Wildman–Crippen LogP) is -2.09. The zero-order chi connectivity index (χ0) is 16.8. The Morgan fingerprint density at radius 1 is 1.33 bits per heavy atom. The number of carbonyl (C=O) groups is 1. The average Bonchev–Trinajstić information content (AvgIpc) is 2.91. The molecule has 1 aromatic heterocycles. The van der Waals surface area contributed by atoms with Crippen LogP contribution in [0.15, 0.2) is 46.9 Å². The zero-order valence-corrected chi connectivity index (χ0v) is 16.9. The molecule has 0 saturated carbocycles.